The van der Waals surface area contributed by atoms with Crippen LogP contribution in [0.3, 0.4) is 0 Å². The van der Waals surface area contributed by atoms with Crippen molar-refractivity contribution in [1.29, 1.82) is 0 Å². The van der Waals surface area contributed by atoms with E-state index < -0.39 is 0 Å². The zero-order chi connectivity index (χ0) is 11.4. The minimum atomic E-state index is -0.192. The molecule has 0 aliphatic heterocycles. The molecule has 0 bridgehead atoms. The molecule has 1 saturated carbocycles. The van der Waals surface area contributed by atoms with E-state index >= 15 is 0 Å². The van der Waals surface area contributed by atoms with Crippen molar-refractivity contribution in [1.82, 2.24) is 0 Å². The molecule has 1 aromatic rings. The van der Waals surface area contributed by atoms with Gasteiger partial charge in [-0.1, -0.05) is 31.4 Å². The first-order valence-corrected chi connectivity index (χ1v) is 6.27. The minimum absolute atomic E-state index is 0.192. The number of anilines is 1. The van der Waals surface area contributed by atoms with Gasteiger partial charge in [-0.15, -0.1) is 0 Å². The average molecular weight is 219 g/mol. The molecular formula is C14H21NO. The Morgan fingerprint density at radius 2 is 2.00 bits per heavy atom. The third-order valence-corrected chi connectivity index (χ3v) is 3.35. The molecule has 0 saturated heterocycles. The molecule has 0 radical (unpaired) electrons. The smallest absolute Gasteiger partial charge is 0.0741 e. The van der Waals surface area contributed by atoms with Gasteiger partial charge in [0.2, 0.25) is 0 Å². The first-order chi connectivity index (χ1) is 7.75. The SMILES string of the molecule is Cc1cccc(NC2CCCCCC2O)c1. The van der Waals surface area contributed by atoms with Crippen LogP contribution in [0.15, 0.2) is 24.3 Å². The summed E-state index contributed by atoms with van der Waals surface area (Å²) in [7, 11) is 0. The zero-order valence-corrected chi connectivity index (χ0v) is 9.95. The first kappa shape index (κ1) is 11.5. The van der Waals surface area contributed by atoms with E-state index in [1.807, 2.05) is 0 Å². The molecule has 2 heteroatoms. The second-order valence-corrected chi connectivity index (χ2v) is 4.83. The molecule has 2 unspecified atom stereocenters. The number of aliphatic hydroxyl groups excluding tert-OH is 1. The van der Waals surface area contributed by atoms with Gasteiger partial charge in [0, 0.05) is 5.69 Å². The number of aliphatic hydroxyl groups is 1. The van der Waals surface area contributed by atoms with E-state index in [1.165, 1.54) is 18.4 Å². The Bertz CT molecular complexity index is 337. The van der Waals surface area contributed by atoms with Crippen LogP contribution in [-0.4, -0.2) is 17.3 Å². The largest absolute Gasteiger partial charge is 0.391 e. The molecule has 2 nitrogen and oxygen atoms in total. The number of benzene rings is 1. The number of hydrogen-bond acceptors (Lipinski definition) is 2. The normalized spacial score (nSPS) is 26.1. The van der Waals surface area contributed by atoms with Gasteiger partial charge < -0.3 is 10.4 Å². The predicted octanol–water partition coefficient (Wildman–Crippen LogP) is 3.10. The summed E-state index contributed by atoms with van der Waals surface area (Å²) in [6.45, 7) is 2.09. The molecule has 2 atom stereocenters. The van der Waals surface area contributed by atoms with Gasteiger partial charge in [-0.2, -0.15) is 0 Å². The second-order valence-electron chi connectivity index (χ2n) is 4.83. The zero-order valence-electron chi connectivity index (χ0n) is 9.95. The van der Waals surface area contributed by atoms with Crippen LogP contribution in [0, 0.1) is 6.92 Å². The van der Waals surface area contributed by atoms with Crippen LogP contribution in [0.4, 0.5) is 5.69 Å². The lowest BCUT2D eigenvalue weighted by atomic mass is 10.1. The Morgan fingerprint density at radius 3 is 2.81 bits per heavy atom. The van der Waals surface area contributed by atoms with Crippen molar-refractivity contribution in [3.63, 3.8) is 0 Å². The van der Waals surface area contributed by atoms with Crippen LogP contribution in [0.1, 0.15) is 37.7 Å². The quantitative estimate of drug-likeness (QED) is 0.749. The van der Waals surface area contributed by atoms with Crippen LogP contribution < -0.4 is 5.32 Å². The second kappa shape index (κ2) is 5.35. The molecule has 0 heterocycles. The molecule has 1 aliphatic carbocycles. The van der Waals surface area contributed by atoms with E-state index in [9.17, 15) is 5.11 Å². The molecule has 2 rings (SSSR count). The Balaban J connectivity index is 2.02. The number of aryl methyl sites for hydroxylation is 1. The minimum Gasteiger partial charge on any atom is -0.391 e. The Kier molecular flexibility index (Phi) is 3.83. The topological polar surface area (TPSA) is 32.3 Å². The number of nitrogens with one attached hydrogen (secondary N) is 1. The third-order valence-electron chi connectivity index (χ3n) is 3.35. The summed E-state index contributed by atoms with van der Waals surface area (Å²) < 4.78 is 0. The van der Waals surface area contributed by atoms with E-state index in [0.29, 0.717) is 0 Å². The molecule has 16 heavy (non-hydrogen) atoms. The van der Waals surface area contributed by atoms with Crippen LogP contribution in [0.25, 0.3) is 0 Å². The molecule has 1 aromatic carbocycles. The van der Waals surface area contributed by atoms with Crippen molar-refractivity contribution in [2.45, 2.75) is 51.2 Å². The Morgan fingerprint density at radius 1 is 1.19 bits per heavy atom. The summed E-state index contributed by atoms with van der Waals surface area (Å²) in [5, 5.41) is 13.5. The van der Waals surface area contributed by atoms with Crippen molar-refractivity contribution >= 4 is 5.69 Å². The van der Waals surface area contributed by atoms with Crippen LogP contribution in [0.2, 0.25) is 0 Å². The van der Waals surface area contributed by atoms with Gasteiger partial charge in [0.1, 0.15) is 0 Å². The molecular weight excluding hydrogens is 198 g/mol. The summed E-state index contributed by atoms with van der Waals surface area (Å²) in [5.74, 6) is 0. The maximum absolute atomic E-state index is 10.0. The molecule has 0 amide bonds. The molecule has 88 valence electrons. The fraction of sp³-hybridized carbons (Fsp3) is 0.571. The monoisotopic (exact) mass is 219 g/mol. The van der Waals surface area contributed by atoms with E-state index in [2.05, 4.69) is 36.5 Å². The summed E-state index contributed by atoms with van der Waals surface area (Å²) >= 11 is 0. The van der Waals surface area contributed by atoms with Gasteiger partial charge in [-0.05, 0) is 37.5 Å². The van der Waals surface area contributed by atoms with Crippen molar-refractivity contribution in [2.24, 2.45) is 0 Å². The van der Waals surface area contributed by atoms with Gasteiger partial charge in [-0.3, -0.25) is 0 Å². The van der Waals surface area contributed by atoms with Gasteiger partial charge in [-0.25, -0.2) is 0 Å². The maximum Gasteiger partial charge on any atom is 0.0741 e. The van der Waals surface area contributed by atoms with Gasteiger partial charge in [0.25, 0.3) is 0 Å². The molecule has 0 spiro atoms. The van der Waals surface area contributed by atoms with Gasteiger partial charge >= 0.3 is 0 Å². The third kappa shape index (κ3) is 2.99. The average Bonchev–Trinajstić information content (AvgIpc) is 2.45. The molecule has 0 aromatic heterocycles. The van der Waals surface area contributed by atoms with Crippen molar-refractivity contribution in [3.8, 4) is 0 Å². The highest BCUT2D eigenvalue weighted by molar-refractivity contribution is 5.46. The van der Waals surface area contributed by atoms with E-state index in [1.54, 1.807) is 0 Å². The van der Waals surface area contributed by atoms with Gasteiger partial charge in [0.05, 0.1) is 12.1 Å². The van der Waals surface area contributed by atoms with Crippen molar-refractivity contribution < 1.29 is 5.11 Å². The predicted molar refractivity (Wildman–Crippen MR) is 67.7 cm³/mol. The van der Waals surface area contributed by atoms with Crippen molar-refractivity contribution in [3.05, 3.63) is 29.8 Å². The van der Waals surface area contributed by atoms with Crippen LogP contribution in [0.5, 0.6) is 0 Å². The summed E-state index contributed by atoms with van der Waals surface area (Å²) in [6, 6.07) is 8.59. The summed E-state index contributed by atoms with van der Waals surface area (Å²) in [4.78, 5) is 0. The fourth-order valence-electron chi connectivity index (χ4n) is 2.41. The Labute approximate surface area is 97.7 Å². The standard InChI is InChI=1S/C14H21NO/c1-11-6-5-7-12(10-11)15-13-8-3-2-4-9-14(13)16/h5-7,10,13-16H,2-4,8-9H2,1H3. The maximum atomic E-state index is 10.0. The molecule has 2 N–H and O–H groups in total. The highest BCUT2D eigenvalue weighted by Gasteiger charge is 2.21. The molecule has 1 aliphatic rings. The van der Waals surface area contributed by atoms with Crippen LogP contribution >= 0.6 is 0 Å². The number of rotatable bonds is 2. The fourth-order valence-corrected chi connectivity index (χ4v) is 2.41. The lowest BCUT2D eigenvalue weighted by molar-refractivity contribution is 0.144. The van der Waals surface area contributed by atoms with E-state index in [-0.39, 0.29) is 12.1 Å². The summed E-state index contributed by atoms with van der Waals surface area (Å²) in [6.07, 6.45) is 5.46. The Hall–Kier alpha value is -1.02. The highest BCUT2D eigenvalue weighted by Crippen LogP contribution is 2.22. The lowest BCUT2D eigenvalue weighted by Crippen LogP contribution is -2.32. The number of hydrogen-bond donors (Lipinski definition) is 2. The van der Waals surface area contributed by atoms with E-state index in [4.69, 9.17) is 0 Å². The molecule has 1 fully saturated rings. The van der Waals surface area contributed by atoms with Gasteiger partial charge in [0.15, 0.2) is 0 Å². The van der Waals surface area contributed by atoms with Crippen molar-refractivity contribution in [2.75, 3.05) is 5.32 Å². The van der Waals surface area contributed by atoms with E-state index in [0.717, 1.165) is 24.9 Å². The lowest BCUT2D eigenvalue weighted by Gasteiger charge is -2.23. The highest BCUT2D eigenvalue weighted by atomic mass is 16.3. The summed E-state index contributed by atoms with van der Waals surface area (Å²) in [5.41, 5.74) is 2.39. The van der Waals surface area contributed by atoms with Crippen LogP contribution in [-0.2, 0) is 0 Å². The first-order valence-electron chi connectivity index (χ1n) is 6.27.